The van der Waals surface area contributed by atoms with E-state index in [9.17, 15) is 13.2 Å². The van der Waals surface area contributed by atoms with Gasteiger partial charge in [0.1, 0.15) is 11.6 Å². The number of anilines is 1. The number of nitrogens with one attached hydrogen (secondary N) is 1. The number of ether oxygens (including phenoxy) is 1. The third-order valence-electron chi connectivity index (χ3n) is 7.37. The third kappa shape index (κ3) is 6.95. The van der Waals surface area contributed by atoms with E-state index < -0.39 is 12.6 Å². The molecule has 1 aromatic heterocycles. The van der Waals surface area contributed by atoms with Crippen molar-refractivity contribution in [2.45, 2.75) is 52.4 Å². The van der Waals surface area contributed by atoms with Crippen LogP contribution in [0.5, 0.6) is 5.75 Å². The SMILES string of the molecule is CC1=CC(C2N=C(c3ccc(OC(F)(F)F)cc3)NO2)=CCCN1Cc1ccnc(N2CCN(C(C)C)CC2)c1. The van der Waals surface area contributed by atoms with Gasteiger partial charge < -0.3 is 14.5 Å². The molecule has 3 aliphatic rings. The van der Waals surface area contributed by atoms with Crippen LogP contribution in [-0.4, -0.2) is 72.0 Å². The number of benzene rings is 1. The van der Waals surface area contributed by atoms with E-state index in [4.69, 9.17) is 4.84 Å². The molecule has 11 heteroatoms. The maximum Gasteiger partial charge on any atom is 0.573 e. The van der Waals surface area contributed by atoms with Gasteiger partial charge in [0.15, 0.2) is 5.84 Å². The molecule has 0 amide bonds. The third-order valence-corrected chi connectivity index (χ3v) is 7.37. The van der Waals surface area contributed by atoms with E-state index in [1.165, 1.54) is 29.8 Å². The van der Waals surface area contributed by atoms with E-state index in [2.05, 4.69) is 79.9 Å². The van der Waals surface area contributed by atoms with Gasteiger partial charge in [-0.05, 0) is 75.2 Å². The van der Waals surface area contributed by atoms with E-state index in [1.54, 1.807) is 0 Å². The number of aromatic nitrogens is 1. The quantitative estimate of drug-likeness (QED) is 0.523. The van der Waals surface area contributed by atoms with Crippen LogP contribution in [-0.2, 0) is 11.4 Å². The molecule has 0 spiro atoms. The fourth-order valence-corrected chi connectivity index (χ4v) is 5.12. The summed E-state index contributed by atoms with van der Waals surface area (Å²) in [6.45, 7) is 12.2. The zero-order chi connectivity index (χ0) is 28.3. The summed E-state index contributed by atoms with van der Waals surface area (Å²) in [5, 5.41) is 0. The largest absolute Gasteiger partial charge is 0.573 e. The van der Waals surface area contributed by atoms with Crippen LogP contribution in [0.15, 0.2) is 71.0 Å². The van der Waals surface area contributed by atoms with Gasteiger partial charge in [0, 0.05) is 68.3 Å². The number of rotatable bonds is 7. The van der Waals surface area contributed by atoms with Crippen molar-refractivity contribution in [3.05, 3.63) is 77.1 Å². The van der Waals surface area contributed by atoms with Crippen molar-refractivity contribution < 1.29 is 22.7 Å². The lowest BCUT2D eigenvalue weighted by Crippen LogP contribution is -2.49. The van der Waals surface area contributed by atoms with Crippen molar-refractivity contribution in [3.63, 3.8) is 0 Å². The number of hydrogen-bond donors (Lipinski definition) is 1. The molecule has 0 radical (unpaired) electrons. The van der Waals surface area contributed by atoms with Crippen LogP contribution in [0.1, 0.15) is 38.3 Å². The van der Waals surface area contributed by atoms with E-state index >= 15 is 0 Å². The fourth-order valence-electron chi connectivity index (χ4n) is 5.12. The van der Waals surface area contributed by atoms with Gasteiger partial charge in [-0.3, -0.25) is 4.90 Å². The Hall–Kier alpha value is -3.57. The Labute approximate surface area is 232 Å². The number of alkyl halides is 3. The second kappa shape index (κ2) is 11.9. The van der Waals surface area contributed by atoms with Crippen molar-refractivity contribution >= 4 is 11.7 Å². The molecule has 1 saturated heterocycles. The van der Waals surface area contributed by atoms with Gasteiger partial charge in [-0.25, -0.2) is 20.3 Å². The number of aliphatic imine (C=N–C) groups is 1. The number of hydroxylamine groups is 1. The summed E-state index contributed by atoms with van der Waals surface area (Å²) in [7, 11) is 0. The van der Waals surface area contributed by atoms with Crippen LogP contribution in [0.4, 0.5) is 19.0 Å². The monoisotopic (exact) mass is 556 g/mol. The van der Waals surface area contributed by atoms with Crippen molar-refractivity contribution in [1.82, 2.24) is 20.3 Å². The number of allylic oxidation sites excluding steroid dienone is 1. The molecule has 5 rings (SSSR count). The Morgan fingerprint density at radius 1 is 1.07 bits per heavy atom. The molecule has 40 heavy (non-hydrogen) atoms. The van der Waals surface area contributed by atoms with E-state index in [-0.39, 0.29) is 5.75 Å². The Morgan fingerprint density at radius 3 is 2.52 bits per heavy atom. The van der Waals surface area contributed by atoms with Crippen LogP contribution in [0.25, 0.3) is 0 Å². The van der Waals surface area contributed by atoms with Crippen molar-refractivity contribution in [2.24, 2.45) is 4.99 Å². The lowest BCUT2D eigenvalue weighted by atomic mass is 10.1. The number of amidine groups is 1. The molecule has 1 fully saturated rings. The molecule has 1 aromatic carbocycles. The van der Waals surface area contributed by atoms with E-state index in [0.29, 0.717) is 17.4 Å². The minimum atomic E-state index is -4.73. The lowest BCUT2D eigenvalue weighted by Gasteiger charge is -2.37. The molecule has 4 heterocycles. The van der Waals surface area contributed by atoms with Crippen molar-refractivity contribution in [1.29, 1.82) is 0 Å². The van der Waals surface area contributed by atoms with Crippen molar-refractivity contribution in [3.8, 4) is 5.75 Å². The predicted molar refractivity (Wildman–Crippen MR) is 148 cm³/mol. The molecular formula is C29H35F3N6O2. The number of halogens is 3. The Bertz CT molecular complexity index is 1270. The van der Waals surface area contributed by atoms with Crippen LogP contribution < -0.4 is 15.1 Å². The molecule has 3 aliphatic heterocycles. The van der Waals surface area contributed by atoms with Gasteiger partial charge in [-0.1, -0.05) is 6.08 Å². The van der Waals surface area contributed by atoms with Crippen molar-refractivity contribution in [2.75, 3.05) is 37.6 Å². The molecular weight excluding hydrogens is 521 g/mol. The minimum Gasteiger partial charge on any atom is -0.406 e. The average molecular weight is 557 g/mol. The maximum atomic E-state index is 12.4. The highest BCUT2D eigenvalue weighted by atomic mass is 19.4. The first-order chi connectivity index (χ1) is 19.1. The fraction of sp³-hybridized carbons (Fsp3) is 0.448. The zero-order valence-corrected chi connectivity index (χ0v) is 23.0. The molecule has 0 bridgehead atoms. The first kappa shape index (κ1) is 28.0. The summed E-state index contributed by atoms with van der Waals surface area (Å²) in [5.74, 6) is 1.20. The second-order valence-corrected chi connectivity index (χ2v) is 10.5. The smallest absolute Gasteiger partial charge is 0.406 e. The zero-order valence-electron chi connectivity index (χ0n) is 23.0. The van der Waals surface area contributed by atoms with E-state index in [0.717, 1.165) is 62.8 Å². The first-order valence-electron chi connectivity index (χ1n) is 13.6. The molecule has 1 unspecified atom stereocenters. The van der Waals surface area contributed by atoms with Gasteiger partial charge in [0.05, 0.1) is 0 Å². The van der Waals surface area contributed by atoms with Gasteiger partial charge in [-0.15, -0.1) is 13.2 Å². The molecule has 0 saturated carbocycles. The Morgan fingerprint density at radius 2 is 1.82 bits per heavy atom. The minimum absolute atomic E-state index is 0.285. The number of pyridine rings is 1. The summed E-state index contributed by atoms with van der Waals surface area (Å²) in [5.41, 5.74) is 6.66. The molecule has 214 valence electrons. The highest BCUT2D eigenvalue weighted by Crippen LogP contribution is 2.26. The molecule has 2 aromatic rings. The highest BCUT2D eigenvalue weighted by Gasteiger charge is 2.31. The standard InChI is InChI=1S/C29H35F3N6O2/c1-20(2)36-13-15-37(16-14-36)26-18-22(10-11-33-26)19-38-12-4-5-24(17-21(38)3)28-34-27(35-40-28)23-6-8-25(9-7-23)39-29(30,31)32/h5-11,17-18,20,28H,4,12-16,19H2,1-3H3,(H,34,35). The summed E-state index contributed by atoms with van der Waals surface area (Å²) < 4.78 is 41.3. The van der Waals surface area contributed by atoms with Gasteiger partial charge in [0.25, 0.3) is 0 Å². The summed E-state index contributed by atoms with van der Waals surface area (Å²) >= 11 is 0. The normalized spacial score (nSPS) is 20.6. The molecule has 8 nitrogen and oxygen atoms in total. The van der Waals surface area contributed by atoms with Gasteiger partial charge >= 0.3 is 6.36 Å². The van der Waals surface area contributed by atoms with Gasteiger partial charge in [0.2, 0.25) is 6.23 Å². The Kier molecular flexibility index (Phi) is 8.32. The molecule has 1 N–H and O–H groups in total. The topological polar surface area (TPSA) is 65.5 Å². The number of piperazine rings is 1. The first-order valence-corrected chi connectivity index (χ1v) is 13.6. The Balaban J connectivity index is 1.21. The average Bonchev–Trinajstić information content (AvgIpc) is 3.34. The number of nitrogens with zero attached hydrogens (tertiary/aromatic N) is 5. The van der Waals surface area contributed by atoms with Crippen LogP contribution >= 0.6 is 0 Å². The van der Waals surface area contributed by atoms with Crippen LogP contribution in [0, 0.1) is 0 Å². The predicted octanol–water partition coefficient (Wildman–Crippen LogP) is 4.85. The maximum absolute atomic E-state index is 12.4. The summed E-state index contributed by atoms with van der Waals surface area (Å²) in [6, 6.07) is 10.4. The molecule has 1 atom stereocenters. The summed E-state index contributed by atoms with van der Waals surface area (Å²) in [6.07, 6.45) is 1.65. The summed E-state index contributed by atoms with van der Waals surface area (Å²) in [4.78, 5) is 22.2. The lowest BCUT2D eigenvalue weighted by molar-refractivity contribution is -0.274. The van der Waals surface area contributed by atoms with E-state index in [1.807, 2.05) is 6.20 Å². The second-order valence-electron chi connectivity index (χ2n) is 10.5. The van der Waals surface area contributed by atoms with Gasteiger partial charge in [-0.2, -0.15) is 0 Å². The number of hydrogen-bond acceptors (Lipinski definition) is 8. The van der Waals surface area contributed by atoms with Crippen LogP contribution in [0.3, 0.4) is 0 Å². The molecule has 0 aliphatic carbocycles. The van der Waals surface area contributed by atoms with Crippen LogP contribution in [0.2, 0.25) is 0 Å². The highest BCUT2D eigenvalue weighted by molar-refractivity contribution is 5.99.